The Balaban J connectivity index is 2.35. The van der Waals surface area contributed by atoms with Crippen molar-refractivity contribution in [1.82, 2.24) is 4.90 Å². The van der Waals surface area contributed by atoms with Crippen molar-refractivity contribution < 1.29 is 4.39 Å². The first-order chi connectivity index (χ1) is 5.88. The number of nitriles is 1. The molecule has 0 bridgehead atoms. The van der Waals surface area contributed by atoms with Crippen LogP contribution in [0.2, 0.25) is 0 Å². The predicted octanol–water partition coefficient (Wildman–Crippen LogP) is 1.72. The van der Waals surface area contributed by atoms with E-state index in [0.29, 0.717) is 19.1 Å². The Morgan fingerprint density at radius 3 is 2.58 bits per heavy atom. The molecule has 68 valence electrons. The fourth-order valence-electron chi connectivity index (χ4n) is 1.86. The van der Waals surface area contributed by atoms with Crippen LogP contribution in [0.3, 0.4) is 0 Å². The summed E-state index contributed by atoms with van der Waals surface area (Å²) < 4.78 is 12.1. The van der Waals surface area contributed by atoms with E-state index in [1.807, 2.05) is 4.90 Å². The molecule has 1 aliphatic rings. The van der Waals surface area contributed by atoms with Gasteiger partial charge in [0.05, 0.1) is 12.6 Å². The van der Waals surface area contributed by atoms with Gasteiger partial charge in [-0.05, 0) is 12.8 Å². The molecule has 1 rings (SSSR count). The lowest BCUT2D eigenvalue weighted by Crippen LogP contribution is -2.35. The number of alkyl halides is 1. The first-order valence-electron chi connectivity index (χ1n) is 4.55. The van der Waals surface area contributed by atoms with Gasteiger partial charge in [-0.2, -0.15) is 5.26 Å². The van der Waals surface area contributed by atoms with E-state index in [1.54, 1.807) is 0 Å². The van der Waals surface area contributed by atoms with Gasteiger partial charge in [0.15, 0.2) is 0 Å². The second-order valence-electron chi connectivity index (χ2n) is 3.26. The van der Waals surface area contributed by atoms with Crippen LogP contribution in [0.5, 0.6) is 0 Å². The van der Waals surface area contributed by atoms with Gasteiger partial charge in [0, 0.05) is 12.6 Å². The van der Waals surface area contributed by atoms with Gasteiger partial charge in [-0.25, -0.2) is 4.39 Å². The number of hydrogen-bond donors (Lipinski definition) is 0. The van der Waals surface area contributed by atoms with Gasteiger partial charge in [-0.3, -0.25) is 4.90 Å². The van der Waals surface area contributed by atoms with E-state index < -0.39 is 0 Å². The van der Waals surface area contributed by atoms with Crippen LogP contribution < -0.4 is 0 Å². The Morgan fingerprint density at radius 2 is 2.08 bits per heavy atom. The zero-order valence-corrected chi connectivity index (χ0v) is 7.30. The average Bonchev–Trinajstić information content (AvgIpc) is 2.56. The standard InChI is InChI=1S/C9H15FN2/c10-5-7-12(8-6-11)9-3-1-2-4-9/h9H,1-5,7-8H2. The summed E-state index contributed by atoms with van der Waals surface area (Å²) in [6.45, 7) is 0.477. The van der Waals surface area contributed by atoms with Gasteiger partial charge in [0.2, 0.25) is 0 Å². The van der Waals surface area contributed by atoms with Crippen molar-refractivity contribution >= 4 is 0 Å². The minimum atomic E-state index is -0.335. The second-order valence-corrected chi connectivity index (χ2v) is 3.26. The van der Waals surface area contributed by atoms with Gasteiger partial charge in [-0.1, -0.05) is 12.8 Å². The lowest BCUT2D eigenvalue weighted by Gasteiger charge is -2.24. The Kier molecular flexibility index (Phi) is 4.02. The first kappa shape index (κ1) is 9.47. The molecule has 3 heteroatoms. The molecule has 0 saturated heterocycles. The van der Waals surface area contributed by atoms with Crippen molar-refractivity contribution in [3.8, 4) is 6.07 Å². The summed E-state index contributed by atoms with van der Waals surface area (Å²) in [5.41, 5.74) is 0. The van der Waals surface area contributed by atoms with Crippen LogP contribution in [0.15, 0.2) is 0 Å². The fourth-order valence-corrected chi connectivity index (χ4v) is 1.86. The molecule has 2 nitrogen and oxygen atoms in total. The minimum Gasteiger partial charge on any atom is -0.285 e. The second kappa shape index (κ2) is 5.10. The van der Waals surface area contributed by atoms with Crippen LogP contribution in [0.1, 0.15) is 25.7 Å². The van der Waals surface area contributed by atoms with E-state index in [9.17, 15) is 4.39 Å². The lowest BCUT2D eigenvalue weighted by atomic mass is 10.2. The number of rotatable bonds is 4. The van der Waals surface area contributed by atoms with Crippen LogP contribution in [-0.4, -0.2) is 30.7 Å². The average molecular weight is 170 g/mol. The van der Waals surface area contributed by atoms with Gasteiger partial charge in [-0.15, -0.1) is 0 Å². The van der Waals surface area contributed by atoms with E-state index in [4.69, 9.17) is 5.26 Å². The maximum absolute atomic E-state index is 12.1. The van der Waals surface area contributed by atoms with E-state index in [-0.39, 0.29) is 6.67 Å². The highest BCUT2D eigenvalue weighted by Gasteiger charge is 2.21. The maximum Gasteiger partial charge on any atom is 0.102 e. The molecule has 1 fully saturated rings. The summed E-state index contributed by atoms with van der Waals surface area (Å²) in [5, 5.41) is 8.51. The molecular weight excluding hydrogens is 155 g/mol. The Labute approximate surface area is 73.0 Å². The summed E-state index contributed by atoms with van der Waals surface area (Å²) >= 11 is 0. The smallest absolute Gasteiger partial charge is 0.102 e. The molecule has 0 spiro atoms. The van der Waals surface area contributed by atoms with Gasteiger partial charge < -0.3 is 0 Å². The molecule has 12 heavy (non-hydrogen) atoms. The lowest BCUT2D eigenvalue weighted by molar-refractivity contribution is 0.204. The van der Waals surface area contributed by atoms with Crippen molar-refractivity contribution in [2.24, 2.45) is 0 Å². The van der Waals surface area contributed by atoms with E-state index in [1.165, 1.54) is 12.8 Å². The highest BCUT2D eigenvalue weighted by Crippen LogP contribution is 2.22. The molecule has 0 unspecified atom stereocenters. The van der Waals surface area contributed by atoms with Gasteiger partial charge in [0.25, 0.3) is 0 Å². The van der Waals surface area contributed by atoms with Crippen molar-refractivity contribution in [2.45, 2.75) is 31.7 Å². The highest BCUT2D eigenvalue weighted by atomic mass is 19.1. The number of nitrogens with zero attached hydrogens (tertiary/aromatic N) is 2. The van der Waals surface area contributed by atoms with Crippen LogP contribution in [0.4, 0.5) is 4.39 Å². The third-order valence-corrected chi connectivity index (χ3v) is 2.49. The third kappa shape index (κ3) is 2.46. The van der Waals surface area contributed by atoms with Gasteiger partial charge >= 0.3 is 0 Å². The minimum absolute atomic E-state index is 0.335. The fraction of sp³-hybridized carbons (Fsp3) is 0.889. The zero-order chi connectivity index (χ0) is 8.81. The quantitative estimate of drug-likeness (QED) is 0.601. The Hall–Kier alpha value is -0.620. The summed E-state index contributed by atoms with van der Waals surface area (Å²) in [5.74, 6) is 0. The molecule has 1 aliphatic carbocycles. The zero-order valence-electron chi connectivity index (χ0n) is 7.30. The third-order valence-electron chi connectivity index (χ3n) is 2.49. The molecule has 0 aromatic carbocycles. The van der Waals surface area contributed by atoms with Crippen LogP contribution in [-0.2, 0) is 0 Å². The molecule has 0 aromatic rings. The molecule has 0 N–H and O–H groups in total. The normalized spacial score (nSPS) is 18.4. The molecule has 0 aromatic heterocycles. The predicted molar refractivity (Wildman–Crippen MR) is 45.4 cm³/mol. The summed E-state index contributed by atoms with van der Waals surface area (Å²) in [4.78, 5) is 1.97. The summed E-state index contributed by atoms with van der Waals surface area (Å²) in [6.07, 6.45) is 4.75. The number of hydrogen-bond acceptors (Lipinski definition) is 2. The van der Waals surface area contributed by atoms with Crippen molar-refractivity contribution in [3.05, 3.63) is 0 Å². The van der Waals surface area contributed by atoms with Crippen LogP contribution in [0, 0.1) is 11.3 Å². The molecule has 0 radical (unpaired) electrons. The summed E-state index contributed by atoms with van der Waals surface area (Å²) in [7, 11) is 0. The van der Waals surface area contributed by atoms with Gasteiger partial charge in [0.1, 0.15) is 6.67 Å². The Morgan fingerprint density at radius 1 is 1.42 bits per heavy atom. The summed E-state index contributed by atoms with van der Waals surface area (Å²) in [6, 6.07) is 2.56. The largest absolute Gasteiger partial charge is 0.285 e. The van der Waals surface area contributed by atoms with Crippen LogP contribution >= 0.6 is 0 Å². The highest BCUT2D eigenvalue weighted by molar-refractivity contribution is 4.84. The topological polar surface area (TPSA) is 27.0 Å². The molecule has 0 aliphatic heterocycles. The monoisotopic (exact) mass is 170 g/mol. The Bertz CT molecular complexity index is 158. The first-order valence-corrected chi connectivity index (χ1v) is 4.55. The van der Waals surface area contributed by atoms with E-state index in [2.05, 4.69) is 6.07 Å². The van der Waals surface area contributed by atoms with Crippen molar-refractivity contribution in [3.63, 3.8) is 0 Å². The van der Waals surface area contributed by atoms with Crippen LogP contribution in [0.25, 0.3) is 0 Å². The number of halogens is 1. The molecule has 1 saturated carbocycles. The van der Waals surface area contributed by atoms with E-state index >= 15 is 0 Å². The van der Waals surface area contributed by atoms with Crippen molar-refractivity contribution in [2.75, 3.05) is 19.8 Å². The SMILES string of the molecule is N#CCN(CCF)C1CCCC1. The molecule has 0 atom stereocenters. The molecule has 0 amide bonds. The molecular formula is C9H15FN2. The van der Waals surface area contributed by atoms with E-state index in [0.717, 1.165) is 12.8 Å². The van der Waals surface area contributed by atoms with Crippen molar-refractivity contribution in [1.29, 1.82) is 5.26 Å². The molecule has 0 heterocycles. The maximum atomic E-state index is 12.1.